The fourth-order valence-corrected chi connectivity index (χ4v) is 1.47. The molecule has 64 valence electrons. The molecule has 0 heterocycles. The van der Waals surface area contributed by atoms with Crippen molar-refractivity contribution in [2.45, 2.75) is 18.3 Å². The van der Waals surface area contributed by atoms with E-state index in [1.54, 1.807) is 12.1 Å². The third-order valence-electron chi connectivity index (χ3n) is 2.56. The van der Waals surface area contributed by atoms with Gasteiger partial charge in [0.1, 0.15) is 6.29 Å². The highest BCUT2D eigenvalue weighted by Crippen LogP contribution is 2.47. The van der Waals surface area contributed by atoms with Crippen LogP contribution in [0, 0.1) is 11.3 Å². The summed E-state index contributed by atoms with van der Waals surface area (Å²) in [5.41, 5.74) is 1.47. The van der Waals surface area contributed by atoms with Gasteiger partial charge in [-0.3, -0.25) is 4.79 Å². The van der Waals surface area contributed by atoms with Crippen LogP contribution in [0.25, 0.3) is 0 Å². The van der Waals surface area contributed by atoms with Gasteiger partial charge in [0.05, 0.1) is 11.5 Å². The largest absolute Gasteiger partial charge is 0.298 e. The Hall–Kier alpha value is -1.62. The molecule has 0 unspecified atom stereocenters. The van der Waals surface area contributed by atoms with E-state index in [0.29, 0.717) is 5.56 Å². The van der Waals surface area contributed by atoms with E-state index in [4.69, 9.17) is 5.26 Å². The molecule has 0 N–H and O–H groups in total. The molecule has 1 aliphatic carbocycles. The van der Waals surface area contributed by atoms with Crippen LogP contribution in [0.2, 0.25) is 0 Å². The smallest absolute Gasteiger partial charge is 0.150 e. The first kappa shape index (κ1) is 8.00. The average molecular weight is 171 g/mol. The van der Waals surface area contributed by atoms with Crippen LogP contribution in [-0.4, -0.2) is 6.29 Å². The summed E-state index contributed by atoms with van der Waals surface area (Å²) in [4.78, 5) is 10.4. The van der Waals surface area contributed by atoms with E-state index in [0.717, 1.165) is 24.7 Å². The summed E-state index contributed by atoms with van der Waals surface area (Å²) in [6.07, 6.45) is 2.71. The minimum Gasteiger partial charge on any atom is -0.298 e. The van der Waals surface area contributed by atoms with Crippen molar-refractivity contribution < 1.29 is 4.79 Å². The van der Waals surface area contributed by atoms with E-state index in [1.165, 1.54) is 0 Å². The molecule has 0 amide bonds. The van der Waals surface area contributed by atoms with Crippen molar-refractivity contribution in [2.75, 3.05) is 0 Å². The molecule has 0 aliphatic heterocycles. The van der Waals surface area contributed by atoms with Gasteiger partial charge in [-0.2, -0.15) is 5.26 Å². The lowest BCUT2D eigenvalue weighted by Gasteiger charge is -2.04. The first-order valence-corrected chi connectivity index (χ1v) is 4.28. The number of rotatable bonds is 2. The number of carbonyl (C=O) groups is 1. The molecular formula is C11H9NO. The molecule has 1 fully saturated rings. The Morgan fingerprint density at radius 2 is 1.92 bits per heavy atom. The molecule has 13 heavy (non-hydrogen) atoms. The second kappa shape index (κ2) is 2.70. The van der Waals surface area contributed by atoms with Gasteiger partial charge in [-0.1, -0.05) is 24.3 Å². The Kier molecular flexibility index (Phi) is 1.66. The second-order valence-corrected chi connectivity index (χ2v) is 3.43. The Labute approximate surface area is 76.8 Å². The molecule has 0 bridgehead atoms. The number of hydrogen-bond acceptors (Lipinski definition) is 2. The molecule has 0 spiro atoms. The number of nitriles is 1. The summed E-state index contributed by atoms with van der Waals surface area (Å²) in [6.45, 7) is 0. The summed E-state index contributed by atoms with van der Waals surface area (Å²) >= 11 is 0. The average Bonchev–Trinajstić information content (AvgIpc) is 2.99. The van der Waals surface area contributed by atoms with Crippen molar-refractivity contribution in [3.63, 3.8) is 0 Å². The van der Waals surface area contributed by atoms with Gasteiger partial charge in [0, 0.05) is 5.56 Å². The maximum atomic E-state index is 10.4. The molecule has 1 saturated carbocycles. The Balaban J connectivity index is 2.34. The van der Waals surface area contributed by atoms with Crippen LogP contribution in [0.5, 0.6) is 0 Å². The summed E-state index contributed by atoms with van der Waals surface area (Å²) in [7, 11) is 0. The van der Waals surface area contributed by atoms with Gasteiger partial charge in [-0.25, -0.2) is 0 Å². The molecule has 2 rings (SSSR count). The molecule has 1 aromatic rings. The van der Waals surface area contributed by atoms with Gasteiger partial charge in [-0.05, 0) is 18.4 Å². The topological polar surface area (TPSA) is 40.9 Å². The van der Waals surface area contributed by atoms with Crippen molar-refractivity contribution in [2.24, 2.45) is 0 Å². The molecule has 0 radical (unpaired) electrons. The number of carbonyl (C=O) groups excluding carboxylic acids is 1. The second-order valence-electron chi connectivity index (χ2n) is 3.43. The molecule has 1 aliphatic rings. The van der Waals surface area contributed by atoms with Crippen LogP contribution in [0.3, 0.4) is 0 Å². The van der Waals surface area contributed by atoms with E-state index >= 15 is 0 Å². The maximum Gasteiger partial charge on any atom is 0.150 e. The van der Waals surface area contributed by atoms with Crippen molar-refractivity contribution in [3.05, 3.63) is 35.4 Å². The van der Waals surface area contributed by atoms with Gasteiger partial charge in [0.2, 0.25) is 0 Å². The van der Waals surface area contributed by atoms with E-state index in [1.807, 2.05) is 12.1 Å². The summed E-state index contributed by atoms with van der Waals surface area (Å²) < 4.78 is 0. The summed E-state index contributed by atoms with van der Waals surface area (Å²) in [5.74, 6) is 0. The zero-order valence-corrected chi connectivity index (χ0v) is 7.16. The van der Waals surface area contributed by atoms with Gasteiger partial charge in [0.15, 0.2) is 0 Å². The summed E-state index contributed by atoms with van der Waals surface area (Å²) in [6, 6.07) is 9.60. The SMILES string of the molecule is N#CC1(c2ccc(C=O)cc2)CC1. The van der Waals surface area contributed by atoms with E-state index in [2.05, 4.69) is 6.07 Å². The third-order valence-corrected chi connectivity index (χ3v) is 2.56. The predicted molar refractivity (Wildman–Crippen MR) is 48.4 cm³/mol. The highest BCUT2D eigenvalue weighted by atomic mass is 16.1. The minimum absolute atomic E-state index is 0.235. The standard InChI is InChI=1S/C11H9NO/c12-8-11(5-6-11)10-3-1-9(7-13)2-4-10/h1-4,7H,5-6H2. The molecule has 0 aromatic heterocycles. The van der Waals surface area contributed by atoms with Crippen LogP contribution in [0.15, 0.2) is 24.3 Å². The molecule has 2 heteroatoms. The van der Waals surface area contributed by atoms with Crippen molar-refractivity contribution in [1.82, 2.24) is 0 Å². The lowest BCUT2D eigenvalue weighted by molar-refractivity contribution is 0.112. The van der Waals surface area contributed by atoms with Gasteiger partial charge in [0.25, 0.3) is 0 Å². The summed E-state index contributed by atoms with van der Waals surface area (Å²) in [5, 5.41) is 8.92. The van der Waals surface area contributed by atoms with Crippen LogP contribution in [0.1, 0.15) is 28.8 Å². The zero-order chi connectivity index (χ0) is 9.31. The highest BCUT2D eigenvalue weighted by molar-refractivity contribution is 5.74. The van der Waals surface area contributed by atoms with Gasteiger partial charge < -0.3 is 0 Å². The lowest BCUT2D eigenvalue weighted by Crippen LogP contribution is -2.01. The molecular weight excluding hydrogens is 162 g/mol. The quantitative estimate of drug-likeness (QED) is 0.639. The Morgan fingerprint density at radius 3 is 2.31 bits per heavy atom. The Morgan fingerprint density at radius 1 is 1.31 bits per heavy atom. The van der Waals surface area contributed by atoms with Crippen LogP contribution >= 0.6 is 0 Å². The van der Waals surface area contributed by atoms with E-state index in [9.17, 15) is 4.79 Å². The van der Waals surface area contributed by atoms with Gasteiger partial charge >= 0.3 is 0 Å². The normalized spacial score (nSPS) is 17.5. The van der Waals surface area contributed by atoms with E-state index < -0.39 is 0 Å². The molecule has 0 atom stereocenters. The predicted octanol–water partition coefficient (Wildman–Crippen LogP) is 2.05. The first-order valence-electron chi connectivity index (χ1n) is 4.28. The van der Waals surface area contributed by atoms with Gasteiger partial charge in [-0.15, -0.1) is 0 Å². The fraction of sp³-hybridized carbons (Fsp3) is 0.273. The van der Waals surface area contributed by atoms with E-state index in [-0.39, 0.29) is 5.41 Å². The number of benzene rings is 1. The molecule has 1 aromatic carbocycles. The van der Waals surface area contributed by atoms with Crippen molar-refractivity contribution in [1.29, 1.82) is 5.26 Å². The zero-order valence-electron chi connectivity index (χ0n) is 7.16. The van der Waals surface area contributed by atoms with Crippen LogP contribution in [0.4, 0.5) is 0 Å². The minimum atomic E-state index is -0.235. The van der Waals surface area contributed by atoms with Crippen molar-refractivity contribution >= 4 is 6.29 Å². The van der Waals surface area contributed by atoms with Crippen LogP contribution in [-0.2, 0) is 5.41 Å². The Bertz CT molecular complexity index is 368. The number of hydrogen-bond donors (Lipinski definition) is 0. The monoisotopic (exact) mass is 171 g/mol. The maximum absolute atomic E-state index is 10.4. The number of aldehydes is 1. The van der Waals surface area contributed by atoms with Crippen molar-refractivity contribution in [3.8, 4) is 6.07 Å². The van der Waals surface area contributed by atoms with Crippen LogP contribution < -0.4 is 0 Å². The third kappa shape index (κ3) is 1.23. The lowest BCUT2D eigenvalue weighted by atomic mass is 9.97. The molecule has 2 nitrogen and oxygen atoms in total. The fourth-order valence-electron chi connectivity index (χ4n) is 1.47. The molecule has 0 saturated heterocycles. The highest BCUT2D eigenvalue weighted by Gasteiger charge is 2.44. The first-order chi connectivity index (χ1) is 6.30. The number of nitrogens with zero attached hydrogens (tertiary/aromatic N) is 1.